The second kappa shape index (κ2) is 7.34. The zero-order chi connectivity index (χ0) is 17.8. The molecule has 1 aliphatic rings. The lowest BCUT2D eigenvalue weighted by Crippen LogP contribution is -2.06. The topological polar surface area (TPSA) is 111 Å². The van der Waals surface area contributed by atoms with Crippen LogP contribution in [0.5, 0.6) is 5.75 Å². The van der Waals surface area contributed by atoms with Crippen molar-refractivity contribution in [2.75, 3.05) is 20.3 Å². The molecule has 8 heteroatoms. The molecule has 0 radical (unpaired) electrons. The van der Waals surface area contributed by atoms with Crippen molar-refractivity contribution in [3.63, 3.8) is 0 Å². The average Bonchev–Trinajstić information content (AvgIpc) is 2.92. The number of nitrogens with two attached hydrogens (primary N) is 1. The highest BCUT2D eigenvalue weighted by atomic mass is 32.2. The second-order valence-electron chi connectivity index (χ2n) is 5.10. The van der Waals surface area contributed by atoms with Gasteiger partial charge in [0.15, 0.2) is 5.17 Å². The van der Waals surface area contributed by atoms with Gasteiger partial charge < -0.3 is 15.2 Å². The zero-order valence-electron chi connectivity index (χ0n) is 13.4. The molecule has 1 amide bonds. The number of amidine groups is 1. The van der Waals surface area contributed by atoms with Gasteiger partial charge in [0.05, 0.1) is 17.0 Å². The van der Waals surface area contributed by atoms with Crippen LogP contribution in [0.2, 0.25) is 0 Å². The molecule has 1 aromatic heterocycles. The molecule has 3 rings (SSSR count). The molecule has 25 heavy (non-hydrogen) atoms. The Morgan fingerprint density at radius 3 is 2.92 bits per heavy atom. The Kier molecular flexibility index (Phi) is 4.97. The van der Waals surface area contributed by atoms with Gasteiger partial charge >= 0.3 is 0 Å². The van der Waals surface area contributed by atoms with Crippen LogP contribution in [0, 0.1) is 11.3 Å². The van der Waals surface area contributed by atoms with Crippen LogP contribution in [-0.2, 0) is 9.53 Å². The molecule has 1 aliphatic heterocycles. The third-order valence-corrected chi connectivity index (χ3v) is 4.24. The van der Waals surface area contributed by atoms with E-state index in [1.165, 1.54) is 6.20 Å². The maximum atomic E-state index is 11.7. The number of hydrogen-bond acceptors (Lipinski definition) is 7. The van der Waals surface area contributed by atoms with Gasteiger partial charge in [0.25, 0.3) is 5.91 Å². The van der Waals surface area contributed by atoms with E-state index in [4.69, 9.17) is 15.2 Å². The summed E-state index contributed by atoms with van der Waals surface area (Å²) in [6.45, 7) is 0.717. The van der Waals surface area contributed by atoms with Gasteiger partial charge in [0.2, 0.25) is 0 Å². The monoisotopic (exact) mass is 354 g/mol. The lowest BCUT2D eigenvalue weighted by molar-refractivity contribution is -0.113. The number of carbonyl (C=O) groups is 1. The summed E-state index contributed by atoms with van der Waals surface area (Å²) in [6.07, 6.45) is 3.18. The Balaban J connectivity index is 2.03. The summed E-state index contributed by atoms with van der Waals surface area (Å²) in [7, 11) is 1.58. The molecule has 0 bridgehead atoms. The molecular weight excluding hydrogens is 340 g/mol. The van der Waals surface area contributed by atoms with Gasteiger partial charge in [-0.25, -0.2) is 0 Å². The predicted molar refractivity (Wildman–Crippen MR) is 96.0 cm³/mol. The minimum Gasteiger partial charge on any atom is -0.489 e. The normalized spacial score (nSPS) is 15.4. The number of aromatic nitrogens is 1. The fourth-order valence-corrected chi connectivity index (χ4v) is 3.00. The molecule has 0 unspecified atom stereocenters. The first-order valence-corrected chi connectivity index (χ1v) is 8.16. The van der Waals surface area contributed by atoms with Crippen LogP contribution >= 0.6 is 11.8 Å². The number of thioether (sulfide) groups is 1. The van der Waals surface area contributed by atoms with E-state index < -0.39 is 0 Å². The lowest BCUT2D eigenvalue weighted by Gasteiger charge is -2.11. The van der Waals surface area contributed by atoms with Crippen molar-refractivity contribution in [3.8, 4) is 11.8 Å². The smallest absolute Gasteiger partial charge is 0.286 e. The van der Waals surface area contributed by atoms with Crippen LogP contribution < -0.4 is 10.5 Å². The largest absolute Gasteiger partial charge is 0.489 e. The Bertz CT molecular complexity index is 947. The molecule has 2 N–H and O–H groups in total. The van der Waals surface area contributed by atoms with E-state index in [1.807, 2.05) is 12.1 Å². The Hall–Kier alpha value is -2.89. The van der Waals surface area contributed by atoms with Gasteiger partial charge in [-0.1, -0.05) is 6.07 Å². The number of amides is 1. The van der Waals surface area contributed by atoms with Crippen molar-refractivity contribution in [3.05, 3.63) is 40.4 Å². The highest BCUT2D eigenvalue weighted by molar-refractivity contribution is 8.18. The van der Waals surface area contributed by atoms with Crippen LogP contribution in [0.3, 0.4) is 0 Å². The molecule has 0 saturated carbocycles. The standard InChI is InChI=1S/C17H14N4O3S/c1-23-4-5-24-15-11(8-18)9-20-13-3-2-10(6-12(13)15)7-14-16(22)21-17(19)25-14/h2-3,6-7,9H,4-5H2,1H3,(H2,19,21,22). The number of hydrogen-bond donors (Lipinski definition) is 1. The SMILES string of the molecule is COCCOc1c(C#N)cnc2ccc(C=C3SC(N)=NC3=O)cc12. The molecule has 2 heterocycles. The second-order valence-corrected chi connectivity index (χ2v) is 6.16. The molecule has 0 saturated heterocycles. The third-order valence-electron chi connectivity index (χ3n) is 3.43. The highest BCUT2D eigenvalue weighted by Crippen LogP contribution is 2.31. The van der Waals surface area contributed by atoms with Crippen molar-refractivity contribution in [2.24, 2.45) is 10.7 Å². The van der Waals surface area contributed by atoms with Gasteiger partial charge in [0.1, 0.15) is 24.0 Å². The number of fused-ring (bicyclic) bond motifs is 1. The van der Waals surface area contributed by atoms with Gasteiger partial charge in [0, 0.05) is 18.7 Å². The summed E-state index contributed by atoms with van der Waals surface area (Å²) in [6, 6.07) is 7.54. The van der Waals surface area contributed by atoms with Crippen LogP contribution in [0.15, 0.2) is 34.3 Å². The first kappa shape index (κ1) is 17.0. The Morgan fingerprint density at radius 2 is 2.24 bits per heavy atom. The lowest BCUT2D eigenvalue weighted by atomic mass is 10.1. The van der Waals surface area contributed by atoms with Crippen LogP contribution in [-0.4, -0.2) is 36.4 Å². The summed E-state index contributed by atoms with van der Waals surface area (Å²) in [4.78, 5) is 20.1. The summed E-state index contributed by atoms with van der Waals surface area (Å²) < 4.78 is 10.7. The van der Waals surface area contributed by atoms with E-state index in [1.54, 1.807) is 19.3 Å². The molecule has 126 valence electrons. The first-order chi connectivity index (χ1) is 12.1. The zero-order valence-corrected chi connectivity index (χ0v) is 14.2. The quantitative estimate of drug-likeness (QED) is 0.646. The molecule has 0 aliphatic carbocycles. The molecule has 1 aromatic carbocycles. The summed E-state index contributed by atoms with van der Waals surface area (Å²) in [5.41, 5.74) is 7.36. The minimum atomic E-state index is -0.358. The summed E-state index contributed by atoms with van der Waals surface area (Å²) in [5.74, 6) is 0.0917. The van der Waals surface area contributed by atoms with E-state index in [0.29, 0.717) is 40.3 Å². The van der Waals surface area contributed by atoms with Crippen LogP contribution in [0.4, 0.5) is 0 Å². The number of aliphatic imine (C=N–C) groups is 1. The van der Waals surface area contributed by atoms with Crippen molar-refractivity contribution < 1.29 is 14.3 Å². The van der Waals surface area contributed by atoms with Gasteiger partial charge in [-0.15, -0.1) is 0 Å². The highest BCUT2D eigenvalue weighted by Gasteiger charge is 2.19. The minimum absolute atomic E-state index is 0.231. The van der Waals surface area contributed by atoms with Crippen molar-refractivity contribution in [1.29, 1.82) is 5.26 Å². The first-order valence-electron chi connectivity index (χ1n) is 7.35. The number of rotatable bonds is 5. The number of ether oxygens (including phenoxy) is 2. The molecule has 2 aromatic rings. The van der Waals surface area contributed by atoms with Crippen molar-refractivity contribution >= 4 is 39.8 Å². The Labute approximate surface area is 148 Å². The van der Waals surface area contributed by atoms with Crippen molar-refractivity contribution in [1.82, 2.24) is 4.98 Å². The number of carbonyl (C=O) groups excluding carboxylic acids is 1. The van der Waals surface area contributed by atoms with E-state index in [0.717, 1.165) is 17.3 Å². The summed E-state index contributed by atoms with van der Waals surface area (Å²) in [5, 5.41) is 10.2. The molecular formula is C17H14N4O3S. The number of nitrogens with zero attached hydrogens (tertiary/aromatic N) is 3. The van der Waals surface area contributed by atoms with E-state index >= 15 is 0 Å². The van der Waals surface area contributed by atoms with Crippen molar-refractivity contribution in [2.45, 2.75) is 0 Å². The molecule has 7 nitrogen and oxygen atoms in total. The van der Waals surface area contributed by atoms with E-state index in [9.17, 15) is 10.1 Å². The third kappa shape index (κ3) is 3.63. The summed E-state index contributed by atoms with van der Waals surface area (Å²) >= 11 is 1.13. The fraction of sp³-hybridized carbons (Fsp3) is 0.176. The van der Waals surface area contributed by atoms with Gasteiger partial charge in [-0.3, -0.25) is 9.78 Å². The maximum Gasteiger partial charge on any atom is 0.286 e. The van der Waals surface area contributed by atoms with E-state index in [2.05, 4.69) is 16.0 Å². The number of pyridine rings is 1. The average molecular weight is 354 g/mol. The Morgan fingerprint density at radius 1 is 1.40 bits per heavy atom. The van der Waals surface area contributed by atoms with Crippen LogP contribution in [0.1, 0.15) is 11.1 Å². The van der Waals surface area contributed by atoms with E-state index in [-0.39, 0.29) is 11.1 Å². The molecule has 0 spiro atoms. The maximum absolute atomic E-state index is 11.7. The number of benzene rings is 1. The molecule has 0 atom stereocenters. The number of nitriles is 1. The van der Waals surface area contributed by atoms with Gasteiger partial charge in [-0.2, -0.15) is 10.3 Å². The van der Waals surface area contributed by atoms with Gasteiger partial charge in [-0.05, 0) is 35.5 Å². The molecule has 0 fully saturated rings. The fourth-order valence-electron chi connectivity index (χ4n) is 2.31. The van der Waals surface area contributed by atoms with Crippen LogP contribution in [0.25, 0.3) is 17.0 Å². The predicted octanol–water partition coefficient (Wildman–Crippen LogP) is 2.06. The number of methoxy groups -OCH3 is 1.